The monoisotopic (exact) mass is 237 g/mol. The fraction of sp³-hybridized carbons (Fsp3) is 0.571. The molecule has 0 saturated heterocycles. The molecule has 1 atom stereocenters. The molecule has 2 rings (SSSR count). The van der Waals surface area contributed by atoms with Crippen LogP contribution in [0.25, 0.3) is 0 Å². The molecule has 1 aromatic rings. The molecule has 1 aromatic carbocycles. The molecule has 0 radical (unpaired) electrons. The second-order valence-corrected chi connectivity index (χ2v) is 5.19. The van der Waals surface area contributed by atoms with Crippen LogP contribution in [-0.4, -0.2) is 17.3 Å². The number of nitrogens with one attached hydrogen (secondary N) is 1. The molecule has 0 aromatic heterocycles. The Hall–Kier alpha value is -1.09. The van der Waals surface area contributed by atoms with Gasteiger partial charge in [-0.05, 0) is 43.9 Å². The molecule has 1 fully saturated rings. The lowest BCUT2D eigenvalue weighted by Gasteiger charge is -2.36. The molecule has 3 heteroatoms. The molecule has 1 unspecified atom stereocenters. The van der Waals surface area contributed by atoms with E-state index in [1.165, 1.54) is 25.0 Å². The Morgan fingerprint density at radius 1 is 1.41 bits per heavy atom. The molecule has 1 aliphatic rings. The average molecular weight is 237 g/mol. The van der Waals surface area contributed by atoms with Gasteiger partial charge in [0.1, 0.15) is 5.82 Å². The molecule has 0 spiro atoms. The van der Waals surface area contributed by atoms with Gasteiger partial charge in [0.15, 0.2) is 0 Å². The van der Waals surface area contributed by atoms with Gasteiger partial charge in [0.2, 0.25) is 0 Å². The minimum absolute atomic E-state index is 0.0776. The third kappa shape index (κ3) is 2.78. The number of aliphatic hydroxyl groups excluding tert-OH is 1. The molecular formula is C14H20FNO. The highest BCUT2D eigenvalue weighted by molar-refractivity contribution is 5.45. The van der Waals surface area contributed by atoms with Gasteiger partial charge in [0.25, 0.3) is 0 Å². The summed E-state index contributed by atoms with van der Waals surface area (Å²) in [6.45, 7) is 2.10. The second-order valence-electron chi connectivity index (χ2n) is 5.19. The standard InChI is InChI=1S/C14H20FNO/c1-14(10-17,11-5-2-3-6-11)16-13-8-4-7-12(15)9-13/h4,7-9,11,16-17H,2-3,5-6,10H2,1H3. The molecular weight excluding hydrogens is 217 g/mol. The molecule has 0 bridgehead atoms. The largest absolute Gasteiger partial charge is 0.394 e. The third-order valence-corrected chi connectivity index (χ3v) is 3.84. The first-order chi connectivity index (χ1) is 8.14. The second kappa shape index (κ2) is 5.05. The van der Waals surface area contributed by atoms with Crippen molar-refractivity contribution in [2.45, 2.75) is 38.1 Å². The lowest BCUT2D eigenvalue weighted by molar-refractivity contribution is 0.172. The molecule has 2 nitrogen and oxygen atoms in total. The van der Waals surface area contributed by atoms with Crippen LogP contribution in [0.4, 0.5) is 10.1 Å². The van der Waals surface area contributed by atoms with Gasteiger partial charge in [-0.1, -0.05) is 18.9 Å². The van der Waals surface area contributed by atoms with Gasteiger partial charge < -0.3 is 10.4 Å². The molecule has 0 heterocycles. The topological polar surface area (TPSA) is 32.3 Å². The summed E-state index contributed by atoms with van der Waals surface area (Å²) in [5, 5.41) is 12.9. The van der Waals surface area contributed by atoms with Crippen molar-refractivity contribution in [3.63, 3.8) is 0 Å². The molecule has 17 heavy (non-hydrogen) atoms. The lowest BCUT2D eigenvalue weighted by atomic mass is 9.84. The predicted molar refractivity (Wildman–Crippen MR) is 67.5 cm³/mol. The van der Waals surface area contributed by atoms with Gasteiger partial charge in [0.05, 0.1) is 12.1 Å². The van der Waals surface area contributed by atoms with Crippen LogP contribution in [0.3, 0.4) is 0 Å². The highest BCUT2D eigenvalue weighted by atomic mass is 19.1. The lowest BCUT2D eigenvalue weighted by Crippen LogP contribution is -2.45. The Morgan fingerprint density at radius 2 is 2.12 bits per heavy atom. The Balaban J connectivity index is 2.13. The predicted octanol–water partition coefficient (Wildman–Crippen LogP) is 3.18. The first-order valence-corrected chi connectivity index (χ1v) is 6.29. The average Bonchev–Trinajstić information content (AvgIpc) is 2.83. The Labute approximate surface area is 102 Å². The number of benzene rings is 1. The van der Waals surface area contributed by atoms with Crippen molar-refractivity contribution in [2.75, 3.05) is 11.9 Å². The van der Waals surface area contributed by atoms with Crippen LogP contribution in [0.2, 0.25) is 0 Å². The van der Waals surface area contributed by atoms with Crippen molar-refractivity contribution < 1.29 is 9.50 Å². The third-order valence-electron chi connectivity index (χ3n) is 3.84. The van der Waals surface area contributed by atoms with Crippen LogP contribution in [0.1, 0.15) is 32.6 Å². The van der Waals surface area contributed by atoms with E-state index in [9.17, 15) is 9.50 Å². The van der Waals surface area contributed by atoms with Gasteiger partial charge in [-0.3, -0.25) is 0 Å². The van der Waals surface area contributed by atoms with Crippen molar-refractivity contribution in [3.8, 4) is 0 Å². The summed E-state index contributed by atoms with van der Waals surface area (Å²) in [6, 6.07) is 6.43. The van der Waals surface area contributed by atoms with Crippen LogP contribution >= 0.6 is 0 Å². The maximum absolute atomic E-state index is 13.1. The maximum atomic E-state index is 13.1. The highest BCUT2D eigenvalue weighted by Gasteiger charge is 2.35. The smallest absolute Gasteiger partial charge is 0.125 e. The van der Waals surface area contributed by atoms with Crippen LogP contribution in [-0.2, 0) is 0 Å². The van der Waals surface area contributed by atoms with E-state index in [4.69, 9.17) is 0 Å². The van der Waals surface area contributed by atoms with Gasteiger partial charge in [-0.2, -0.15) is 0 Å². The normalized spacial score (nSPS) is 20.2. The zero-order valence-corrected chi connectivity index (χ0v) is 10.2. The number of anilines is 1. The molecule has 0 aliphatic heterocycles. The summed E-state index contributed by atoms with van der Waals surface area (Å²) in [5.74, 6) is 0.220. The Bertz CT molecular complexity index is 376. The minimum Gasteiger partial charge on any atom is -0.394 e. The zero-order valence-electron chi connectivity index (χ0n) is 10.2. The van der Waals surface area contributed by atoms with Gasteiger partial charge in [-0.15, -0.1) is 0 Å². The fourth-order valence-electron chi connectivity index (χ4n) is 2.73. The number of rotatable bonds is 4. The van der Waals surface area contributed by atoms with E-state index in [0.717, 1.165) is 18.5 Å². The minimum atomic E-state index is -0.343. The van der Waals surface area contributed by atoms with Crippen LogP contribution in [0.15, 0.2) is 24.3 Å². The molecule has 1 saturated carbocycles. The van der Waals surface area contributed by atoms with E-state index in [-0.39, 0.29) is 18.0 Å². The first-order valence-electron chi connectivity index (χ1n) is 6.29. The Kier molecular flexibility index (Phi) is 3.67. The highest BCUT2D eigenvalue weighted by Crippen LogP contribution is 2.35. The van der Waals surface area contributed by atoms with Crippen LogP contribution in [0, 0.1) is 11.7 Å². The summed E-state index contributed by atoms with van der Waals surface area (Å²) in [4.78, 5) is 0. The Morgan fingerprint density at radius 3 is 2.71 bits per heavy atom. The maximum Gasteiger partial charge on any atom is 0.125 e. The van der Waals surface area contributed by atoms with Gasteiger partial charge in [-0.25, -0.2) is 4.39 Å². The number of halogens is 1. The number of hydrogen-bond acceptors (Lipinski definition) is 2. The van der Waals surface area contributed by atoms with E-state index in [1.54, 1.807) is 6.07 Å². The quantitative estimate of drug-likeness (QED) is 0.843. The van der Waals surface area contributed by atoms with Crippen molar-refractivity contribution >= 4 is 5.69 Å². The summed E-state index contributed by atoms with van der Waals surface area (Å²) < 4.78 is 13.1. The zero-order chi connectivity index (χ0) is 12.3. The van der Waals surface area contributed by atoms with E-state index in [1.807, 2.05) is 13.0 Å². The first kappa shape index (κ1) is 12.4. The summed E-state index contributed by atoms with van der Waals surface area (Å²) >= 11 is 0. The number of aliphatic hydroxyl groups is 1. The van der Waals surface area contributed by atoms with E-state index < -0.39 is 0 Å². The fourth-order valence-corrected chi connectivity index (χ4v) is 2.73. The SMILES string of the molecule is CC(CO)(Nc1cccc(F)c1)C1CCCC1. The van der Waals surface area contributed by atoms with Crippen molar-refractivity contribution in [3.05, 3.63) is 30.1 Å². The summed E-state index contributed by atoms with van der Waals surface area (Å²) in [6.07, 6.45) is 4.73. The molecule has 0 amide bonds. The molecule has 94 valence electrons. The van der Waals surface area contributed by atoms with E-state index >= 15 is 0 Å². The van der Waals surface area contributed by atoms with Crippen LogP contribution in [0.5, 0.6) is 0 Å². The van der Waals surface area contributed by atoms with Crippen molar-refractivity contribution in [2.24, 2.45) is 5.92 Å². The van der Waals surface area contributed by atoms with Gasteiger partial charge >= 0.3 is 0 Å². The summed E-state index contributed by atoms with van der Waals surface area (Å²) in [5.41, 5.74) is 0.401. The number of hydrogen-bond donors (Lipinski definition) is 2. The van der Waals surface area contributed by atoms with Crippen molar-refractivity contribution in [1.29, 1.82) is 0 Å². The van der Waals surface area contributed by atoms with E-state index in [0.29, 0.717) is 5.92 Å². The molecule has 2 N–H and O–H groups in total. The van der Waals surface area contributed by atoms with Crippen molar-refractivity contribution in [1.82, 2.24) is 0 Å². The van der Waals surface area contributed by atoms with Gasteiger partial charge in [0, 0.05) is 5.69 Å². The van der Waals surface area contributed by atoms with Crippen LogP contribution < -0.4 is 5.32 Å². The molecule has 1 aliphatic carbocycles. The van der Waals surface area contributed by atoms with E-state index in [2.05, 4.69) is 5.32 Å². The summed E-state index contributed by atoms with van der Waals surface area (Å²) in [7, 11) is 0.